The Labute approximate surface area is 184 Å². The lowest BCUT2D eigenvalue weighted by atomic mass is 10.1. The fraction of sp³-hybridized carbons (Fsp3) is 0.440. The maximum atomic E-state index is 13.0. The third-order valence-corrected chi connectivity index (χ3v) is 5.49. The average Bonchev–Trinajstić information content (AvgIpc) is 3.23. The number of rotatable bonds is 12. The Morgan fingerprint density at radius 2 is 1.77 bits per heavy atom. The minimum absolute atomic E-state index is 0.0291. The Bertz CT molecular complexity index is 973. The van der Waals surface area contributed by atoms with E-state index in [1.54, 1.807) is 34.9 Å². The Balaban J connectivity index is 1.73. The number of aromatic hydroxyl groups is 1. The number of nitrogens with zero attached hydrogens (tertiary/aromatic N) is 3. The Morgan fingerprint density at radius 3 is 2.39 bits per heavy atom. The molecule has 0 spiro atoms. The number of aromatic nitrogens is 2. The molecular weight excluding hydrogens is 390 g/mol. The summed E-state index contributed by atoms with van der Waals surface area (Å²) >= 11 is 0. The van der Waals surface area contributed by atoms with Crippen LogP contribution in [0.2, 0.25) is 0 Å². The van der Waals surface area contributed by atoms with Gasteiger partial charge >= 0.3 is 0 Å². The van der Waals surface area contributed by atoms with E-state index in [2.05, 4.69) is 30.7 Å². The van der Waals surface area contributed by atoms with Crippen molar-refractivity contribution in [1.82, 2.24) is 14.3 Å². The van der Waals surface area contributed by atoms with Crippen LogP contribution in [0.5, 0.6) is 11.5 Å². The molecule has 1 aromatic carbocycles. The molecule has 2 aromatic heterocycles. The second-order valence-electron chi connectivity index (χ2n) is 7.81. The van der Waals surface area contributed by atoms with Gasteiger partial charge in [-0.3, -0.25) is 14.1 Å². The first-order valence-corrected chi connectivity index (χ1v) is 11.3. The van der Waals surface area contributed by atoms with Crippen LogP contribution in [0.4, 0.5) is 0 Å². The summed E-state index contributed by atoms with van der Waals surface area (Å²) in [6.07, 6.45) is 8.79. The van der Waals surface area contributed by atoms with Crippen LogP contribution in [0.1, 0.15) is 68.9 Å². The molecule has 1 atom stereocenters. The number of carbonyl (C=O) groups excluding carboxylic acids is 1. The third-order valence-electron chi connectivity index (χ3n) is 5.49. The van der Waals surface area contributed by atoms with Crippen LogP contribution in [0.25, 0.3) is 5.65 Å². The smallest absolute Gasteiger partial charge is 0.211 e. The number of hydrogen-bond donors (Lipinski definition) is 1. The van der Waals surface area contributed by atoms with Crippen LogP contribution in [0.15, 0.2) is 48.8 Å². The van der Waals surface area contributed by atoms with Gasteiger partial charge in [0, 0.05) is 24.8 Å². The number of imidazole rings is 1. The monoisotopic (exact) mass is 423 g/mol. The van der Waals surface area contributed by atoms with Crippen LogP contribution in [0, 0.1) is 0 Å². The molecular formula is C25H33N3O3. The molecule has 0 radical (unpaired) electrons. The van der Waals surface area contributed by atoms with E-state index in [9.17, 15) is 9.90 Å². The van der Waals surface area contributed by atoms with Crippen molar-refractivity contribution in [3.63, 3.8) is 0 Å². The standard InChI is InChI=1S/C25H33N3O3/c1-4-7-15-27(16-8-5-2)23(6-3)31-20-13-11-19(12-14-20)24(30)21-18-26-25-22(29)10-9-17-28(21)25/h9-14,17-18,23,29H,4-8,15-16H2,1-3H3. The van der Waals surface area contributed by atoms with E-state index in [0.29, 0.717) is 16.9 Å². The minimum Gasteiger partial charge on any atom is -0.504 e. The van der Waals surface area contributed by atoms with Gasteiger partial charge < -0.3 is 9.84 Å². The molecule has 0 bridgehead atoms. The summed E-state index contributed by atoms with van der Waals surface area (Å²) < 4.78 is 7.90. The molecule has 0 amide bonds. The van der Waals surface area contributed by atoms with E-state index < -0.39 is 0 Å². The molecule has 0 aliphatic rings. The molecule has 166 valence electrons. The number of ketones is 1. The summed E-state index contributed by atoms with van der Waals surface area (Å²) in [6, 6.07) is 10.5. The van der Waals surface area contributed by atoms with Crippen molar-refractivity contribution in [3.8, 4) is 11.5 Å². The third kappa shape index (κ3) is 5.44. The van der Waals surface area contributed by atoms with Gasteiger partial charge in [0.1, 0.15) is 11.4 Å². The quantitative estimate of drug-likeness (QED) is 0.317. The number of pyridine rings is 1. The van der Waals surface area contributed by atoms with Crippen molar-refractivity contribution in [1.29, 1.82) is 0 Å². The maximum absolute atomic E-state index is 13.0. The Hall–Kier alpha value is -2.86. The second-order valence-corrected chi connectivity index (χ2v) is 7.81. The second kappa shape index (κ2) is 11.0. The average molecular weight is 424 g/mol. The van der Waals surface area contributed by atoms with Crippen LogP contribution in [-0.2, 0) is 0 Å². The summed E-state index contributed by atoms with van der Waals surface area (Å²) in [7, 11) is 0. The molecule has 0 saturated carbocycles. The summed E-state index contributed by atoms with van der Waals surface area (Å²) in [5.41, 5.74) is 1.34. The molecule has 1 N–H and O–H groups in total. The van der Waals surface area contributed by atoms with Crippen molar-refractivity contribution in [2.45, 2.75) is 59.1 Å². The molecule has 2 heterocycles. The molecule has 0 aliphatic carbocycles. The van der Waals surface area contributed by atoms with Crippen molar-refractivity contribution in [3.05, 3.63) is 60.0 Å². The van der Waals surface area contributed by atoms with Crippen LogP contribution >= 0.6 is 0 Å². The zero-order chi connectivity index (χ0) is 22.2. The van der Waals surface area contributed by atoms with E-state index in [4.69, 9.17) is 4.74 Å². The minimum atomic E-state index is -0.149. The highest BCUT2D eigenvalue weighted by Crippen LogP contribution is 2.22. The first-order chi connectivity index (χ1) is 15.1. The zero-order valence-electron chi connectivity index (χ0n) is 18.8. The number of benzene rings is 1. The zero-order valence-corrected chi connectivity index (χ0v) is 18.8. The topological polar surface area (TPSA) is 67.1 Å². The normalized spacial score (nSPS) is 12.4. The highest BCUT2D eigenvalue weighted by atomic mass is 16.5. The van der Waals surface area contributed by atoms with Gasteiger partial charge in [-0.25, -0.2) is 4.98 Å². The van der Waals surface area contributed by atoms with E-state index in [1.807, 2.05) is 12.1 Å². The summed E-state index contributed by atoms with van der Waals surface area (Å²) in [6.45, 7) is 8.63. The van der Waals surface area contributed by atoms with E-state index in [0.717, 1.165) is 50.9 Å². The molecule has 1 unspecified atom stereocenters. The Kier molecular flexibility index (Phi) is 8.06. The number of ether oxygens (including phenoxy) is 1. The molecule has 3 rings (SSSR count). The lowest BCUT2D eigenvalue weighted by molar-refractivity contribution is 0.0202. The van der Waals surface area contributed by atoms with E-state index in [-0.39, 0.29) is 17.8 Å². The van der Waals surface area contributed by atoms with Gasteiger partial charge in [0.2, 0.25) is 5.78 Å². The molecule has 3 aromatic rings. The van der Waals surface area contributed by atoms with Crippen LogP contribution < -0.4 is 4.74 Å². The first kappa shape index (κ1) is 22.8. The van der Waals surface area contributed by atoms with Gasteiger partial charge in [0.15, 0.2) is 17.6 Å². The first-order valence-electron chi connectivity index (χ1n) is 11.3. The number of fused-ring (bicyclic) bond motifs is 1. The van der Waals surface area contributed by atoms with E-state index >= 15 is 0 Å². The van der Waals surface area contributed by atoms with Gasteiger partial charge in [-0.15, -0.1) is 0 Å². The summed E-state index contributed by atoms with van der Waals surface area (Å²) in [5, 5.41) is 9.92. The highest BCUT2D eigenvalue weighted by Gasteiger charge is 2.19. The predicted octanol–water partition coefficient (Wildman–Crippen LogP) is 5.29. The van der Waals surface area contributed by atoms with Crippen LogP contribution in [-0.4, -0.2) is 44.5 Å². The van der Waals surface area contributed by atoms with E-state index in [1.165, 1.54) is 6.20 Å². The lowest BCUT2D eigenvalue weighted by Crippen LogP contribution is -2.40. The largest absolute Gasteiger partial charge is 0.504 e. The molecule has 0 saturated heterocycles. The molecule has 0 aliphatic heterocycles. The maximum Gasteiger partial charge on any atom is 0.211 e. The van der Waals surface area contributed by atoms with Gasteiger partial charge in [-0.2, -0.15) is 0 Å². The Morgan fingerprint density at radius 1 is 1.10 bits per heavy atom. The van der Waals surface area contributed by atoms with Gasteiger partial charge in [0.05, 0.1) is 6.20 Å². The van der Waals surface area contributed by atoms with Crippen molar-refractivity contribution in [2.24, 2.45) is 0 Å². The van der Waals surface area contributed by atoms with Crippen molar-refractivity contribution in [2.75, 3.05) is 13.1 Å². The van der Waals surface area contributed by atoms with Crippen molar-refractivity contribution < 1.29 is 14.6 Å². The SMILES string of the molecule is CCCCN(CCCC)C(CC)Oc1ccc(C(=O)c2cnc3c(O)cccn23)cc1. The van der Waals surface area contributed by atoms with Gasteiger partial charge in [-0.05, 0) is 55.7 Å². The number of unbranched alkanes of at least 4 members (excludes halogenated alkanes) is 2. The molecule has 31 heavy (non-hydrogen) atoms. The van der Waals surface area contributed by atoms with Gasteiger partial charge in [0.25, 0.3) is 0 Å². The summed E-state index contributed by atoms with van der Waals surface area (Å²) in [4.78, 5) is 19.6. The van der Waals surface area contributed by atoms with Gasteiger partial charge in [-0.1, -0.05) is 33.6 Å². The number of hydrogen-bond acceptors (Lipinski definition) is 5. The fourth-order valence-electron chi connectivity index (χ4n) is 3.69. The molecule has 0 fully saturated rings. The molecule has 6 nitrogen and oxygen atoms in total. The predicted molar refractivity (Wildman–Crippen MR) is 123 cm³/mol. The summed E-state index contributed by atoms with van der Waals surface area (Å²) in [5.74, 6) is 0.660. The van der Waals surface area contributed by atoms with Crippen LogP contribution in [0.3, 0.4) is 0 Å². The lowest BCUT2D eigenvalue weighted by Gasteiger charge is -2.31. The highest BCUT2D eigenvalue weighted by molar-refractivity contribution is 6.08. The molecule has 6 heteroatoms. The number of carbonyl (C=O) groups is 1. The fourth-order valence-corrected chi connectivity index (χ4v) is 3.69. The van der Waals surface area contributed by atoms with Crippen molar-refractivity contribution >= 4 is 11.4 Å².